The molecule has 1 fully saturated rings. The van der Waals surface area contributed by atoms with Crippen molar-refractivity contribution < 1.29 is 14.0 Å². The lowest BCUT2D eigenvalue weighted by atomic mass is 10.1. The summed E-state index contributed by atoms with van der Waals surface area (Å²) < 4.78 is 13.3. The molecule has 0 bridgehead atoms. The van der Waals surface area contributed by atoms with Crippen molar-refractivity contribution in [1.82, 2.24) is 10.2 Å². The molecule has 3 rings (SSSR count). The van der Waals surface area contributed by atoms with Crippen molar-refractivity contribution in [1.29, 1.82) is 0 Å². The first-order valence-electron chi connectivity index (χ1n) is 8.56. The lowest BCUT2D eigenvalue weighted by Gasteiger charge is -2.17. The van der Waals surface area contributed by atoms with Crippen molar-refractivity contribution in [2.24, 2.45) is 0 Å². The van der Waals surface area contributed by atoms with Crippen LogP contribution in [0, 0.1) is 5.82 Å². The monoisotopic (exact) mass is 374 g/mol. The lowest BCUT2D eigenvalue weighted by molar-refractivity contribution is -0.128. The number of aryl methyl sites for hydroxylation is 1. The fourth-order valence-corrected chi connectivity index (χ4v) is 3.36. The molecule has 1 N–H and O–H groups in total. The van der Waals surface area contributed by atoms with Crippen molar-refractivity contribution in [3.05, 3.63) is 70.5 Å². The van der Waals surface area contributed by atoms with Crippen LogP contribution in [0.4, 0.5) is 4.39 Å². The molecule has 26 heavy (non-hydrogen) atoms. The first-order chi connectivity index (χ1) is 12.5. The molecule has 1 aliphatic heterocycles. The van der Waals surface area contributed by atoms with E-state index in [1.807, 2.05) is 18.2 Å². The average Bonchev–Trinajstić information content (AvgIpc) is 2.93. The van der Waals surface area contributed by atoms with E-state index in [1.165, 1.54) is 12.1 Å². The van der Waals surface area contributed by atoms with Gasteiger partial charge in [-0.3, -0.25) is 9.59 Å². The van der Waals surface area contributed by atoms with E-state index in [2.05, 4.69) is 5.32 Å². The van der Waals surface area contributed by atoms with Crippen LogP contribution in [-0.2, 0) is 22.6 Å². The fourth-order valence-electron chi connectivity index (χ4n) is 3.13. The summed E-state index contributed by atoms with van der Waals surface area (Å²) in [6, 6.07) is 13.4. The van der Waals surface area contributed by atoms with Gasteiger partial charge in [0.2, 0.25) is 11.8 Å². The summed E-state index contributed by atoms with van der Waals surface area (Å²) in [6.45, 7) is 0.787. The number of nitrogens with one attached hydrogen (secondary N) is 1. The maximum atomic E-state index is 13.3. The zero-order valence-corrected chi connectivity index (χ0v) is 15.0. The first-order valence-corrected chi connectivity index (χ1v) is 8.94. The van der Waals surface area contributed by atoms with E-state index in [0.717, 1.165) is 11.1 Å². The molecule has 2 aromatic rings. The Labute approximate surface area is 157 Å². The number of halogens is 2. The van der Waals surface area contributed by atoms with Crippen LogP contribution in [0.15, 0.2) is 48.5 Å². The highest BCUT2D eigenvalue weighted by Gasteiger charge is 2.30. The van der Waals surface area contributed by atoms with Crippen molar-refractivity contribution in [3.8, 4) is 0 Å². The smallest absolute Gasteiger partial charge is 0.225 e. The quantitative estimate of drug-likeness (QED) is 0.843. The van der Waals surface area contributed by atoms with Crippen LogP contribution in [-0.4, -0.2) is 29.3 Å². The predicted molar refractivity (Wildman–Crippen MR) is 98.1 cm³/mol. The first kappa shape index (κ1) is 18.4. The Kier molecular flexibility index (Phi) is 5.89. The molecule has 2 aromatic carbocycles. The third-order valence-corrected chi connectivity index (χ3v) is 4.79. The molecule has 1 atom stereocenters. The fraction of sp³-hybridized carbons (Fsp3) is 0.300. The van der Waals surface area contributed by atoms with Crippen molar-refractivity contribution in [2.75, 3.05) is 6.54 Å². The van der Waals surface area contributed by atoms with Gasteiger partial charge < -0.3 is 10.2 Å². The van der Waals surface area contributed by atoms with E-state index < -0.39 is 0 Å². The van der Waals surface area contributed by atoms with Crippen molar-refractivity contribution in [2.45, 2.75) is 31.8 Å². The maximum absolute atomic E-state index is 13.3. The van der Waals surface area contributed by atoms with E-state index in [4.69, 9.17) is 11.6 Å². The Morgan fingerprint density at radius 3 is 2.81 bits per heavy atom. The number of likely N-dealkylation sites (tertiary alicyclic amines) is 1. The average molecular weight is 375 g/mol. The predicted octanol–water partition coefficient (Wildman–Crippen LogP) is 3.33. The number of hydrogen-bond donors (Lipinski definition) is 1. The van der Waals surface area contributed by atoms with E-state index in [1.54, 1.807) is 23.1 Å². The second kappa shape index (κ2) is 8.32. The molecule has 0 spiro atoms. The normalized spacial score (nSPS) is 16.8. The number of carbonyl (C=O) groups is 2. The summed E-state index contributed by atoms with van der Waals surface area (Å²) >= 11 is 6.09. The summed E-state index contributed by atoms with van der Waals surface area (Å²) in [7, 11) is 0. The minimum absolute atomic E-state index is 0.0364. The van der Waals surface area contributed by atoms with Crippen LogP contribution in [0.2, 0.25) is 5.02 Å². The van der Waals surface area contributed by atoms with Gasteiger partial charge in [-0.05, 0) is 35.7 Å². The molecule has 0 saturated carbocycles. The van der Waals surface area contributed by atoms with E-state index in [0.29, 0.717) is 31.0 Å². The third kappa shape index (κ3) is 4.82. The van der Waals surface area contributed by atoms with Gasteiger partial charge in [0, 0.05) is 31.0 Å². The lowest BCUT2D eigenvalue weighted by Crippen LogP contribution is -2.37. The highest BCUT2D eigenvalue weighted by molar-refractivity contribution is 6.31. The minimum Gasteiger partial charge on any atom is -0.351 e. The standard InChI is InChI=1S/C20H20ClFN2O2/c21-18-7-2-1-5-15(18)8-9-19(25)23-17-11-20(26)24(13-17)12-14-4-3-6-16(22)10-14/h1-7,10,17H,8-9,11-13H2,(H,23,25)/t17-/m1/s1. The molecular weight excluding hydrogens is 355 g/mol. The zero-order valence-electron chi connectivity index (χ0n) is 14.3. The van der Waals surface area contributed by atoms with Gasteiger partial charge in [0.1, 0.15) is 5.82 Å². The molecule has 0 aromatic heterocycles. The topological polar surface area (TPSA) is 49.4 Å². The number of amides is 2. The Morgan fingerprint density at radius 2 is 2.04 bits per heavy atom. The van der Waals surface area contributed by atoms with Crippen LogP contribution in [0.3, 0.4) is 0 Å². The molecule has 0 aliphatic carbocycles. The summed E-state index contributed by atoms with van der Waals surface area (Å²) in [6.07, 6.45) is 1.14. The molecule has 136 valence electrons. The molecule has 6 heteroatoms. The minimum atomic E-state index is -0.321. The van der Waals surface area contributed by atoms with Gasteiger partial charge in [-0.2, -0.15) is 0 Å². The molecule has 2 amide bonds. The summed E-state index contributed by atoms with van der Waals surface area (Å²) in [5.74, 6) is -0.459. The van der Waals surface area contributed by atoms with Gasteiger partial charge in [0.15, 0.2) is 0 Å². The molecule has 1 aliphatic rings. The highest BCUT2D eigenvalue weighted by atomic mass is 35.5. The number of rotatable bonds is 6. The van der Waals surface area contributed by atoms with Gasteiger partial charge in [-0.1, -0.05) is 41.9 Å². The van der Waals surface area contributed by atoms with Gasteiger partial charge in [0.25, 0.3) is 0 Å². The van der Waals surface area contributed by atoms with Crippen molar-refractivity contribution in [3.63, 3.8) is 0 Å². The molecule has 0 radical (unpaired) electrons. The van der Waals surface area contributed by atoms with E-state index >= 15 is 0 Å². The Morgan fingerprint density at radius 1 is 1.23 bits per heavy atom. The molecule has 4 nitrogen and oxygen atoms in total. The summed E-state index contributed by atoms with van der Waals surface area (Å²) in [5, 5.41) is 3.56. The molecular formula is C20H20ClFN2O2. The van der Waals surface area contributed by atoms with Crippen LogP contribution >= 0.6 is 11.6 Å². The van der Waals surface area contributed by atoms with Gasteiger partial charge in [0.05, 0.1) is 6.04 Å². The van der Waals surface area contributed by atoms with Gasteiger partial charge >= 0.3 is 0 Å². The van der Waals surface area contributed by atoms with Crippen LogP contribution in [0.25, 0.3) is 0 Å². The molecule has 1 saturated heterocycles. The second-order valence-electron chi connectivity index (χ2n) is 6.46. The number of hydrogen-bond acceptors (Lipinski definition) is 2. The number of carbonyl (C=O) groups excluding carboxylic acids is 2. The third-order valence-electron chi connectivity index (χ3n) is 4.42. The number of benzene rings is 2. The molecule has 0 unspecified atom stereocenters. The Bertz CT molecular complexity index is 812. The van der Waals surface area contributed by atoms with Crippen molar-refractivity contribution >= 4 is 23.4 Å². The SMILES string of the molecule is O=C(CCc1ccccc1Cl)N[C@@H]1CC(=O)N(Cc2cccc(F)c2)C1. The second-order valence-corrected chi connectivity index (χ2v) is 6.87. The number of nitrogens with zero attached hydrogens (tertiary/aromatic N) is 1. The summed E-state index contributed by atoms with van der Waals surface area (Å²) in [4.78, 5) is 26.0. The van der Waals surface area contributed by atoms with E-state index in [9.17, 15) is 14.0 Å². The molecule has 1 heterocycles. The Hall–Kier alpha value is -2.40. The van der Waals surface area contributed by atoms with Gasteiger partial charge in [-0.25, -0.2) is 4.39 Å². The maximum Gasteiger partial charge on any atom is 0.225 e. The van der Waals surface area contributed by atoms with Crippen LogP contribution in [0.5, 0.6) is 0 Å². The van der Waals surface area contributed by atoms with Crippen LogP contribution in [0.1, 0.15) is 24.0 Å². The highest BCUT2D eigenvalue weighted by Crippen LogP contribution is 2.18. The van der Waals surface area contributed by atoms with E-state index in [-0.39, 0.29) is 30.1 Å². The van der Waals surface area contributed by atoms with Crippen LogP contribution < -0.4 is 5.32 Å². The summed E-state index contributed by atoms with van der Waals surface area (Å²) in [5.41, 5.74) is 1.67. The largest absolute Gasteiger partial charge is 0.351 e. The zero-order chi connectivity index (χ0) is 18.5. The van der Waals surface area contributed by atoms with Gasteiger partial charge in [-0.15, -0.1) is 0 Å². The Balaban J connectivity index is 1.49.